The van der Waals surface area contributed by atoms with E-state index in [1.54, 1.807) is 11.8 Å². The first-order valence-electron chi connectivity index (χ1n) is 7.29. The van der Waals surface area contributed by atoms with Gasteiger partial charge in [-0.1, -0.05) is 30.3 Å². The van der Waals surface area contributed by atoms with Crippen LogP contribution in [0.1, 0.15) is 25.3 Å². The van der Waals surface area contributed by atoms with Gasteiger partial charge in [0.1, 0.15) is 0 Å². The highest BCUT2D eigenvalue weighted by atomic mass is 32.2. The maximum Gasteiger partial charge on any atom is 0.233 e. The van der Waals surface area contributed by atoms with E-state index in [-0.39, 0.29) is 11.2 Å². The molecule has 1 aromatic carbocycles. The molecule has 1 amide bonds. The summed E-state index contributed by atoms with van der Waals surface area (Å²) >= 11 is 1.70. The van der Waals surface area contributed by atoms with Gasteiger partial charge in [0.05, 0.1) is 5.25 Å². The Morgan fingerprint density at radius 2 is 2.00 bits per heavy atom. The third kappa shape index (κ3) is 4.84. The molecule has 4 heteroatoms. The fourth-order valence-electron chi connectivity index (χ4n) is 2.34. The number of hydrogen-bond donors (Lipinski definition) is 1. The molecule has 1 aromatic rings. The Bertz CT molecular complexity index is 416. The van der Waals surface area contributed by atoms with Crippen LogP contribution in [0.4, 0.5) is 0 Å². The zero-order chi connectivity index (χ0) is 14.4. The number of carbonyl (C=O) groups excluding carboxylic acids is 1. The van der Waals surface area contributed by atoms with Crippen molar-refractivity contribution in [2.75, 3.05) is 20.1 Å². The number of piperidine rings is 1. The van der Waals surface area contributed by atoms with Gasteiger partial charge in [-0.05, 0) is 45.5 Å². The number of nitrogens with one attached hydrogen (secondary N) is 1. The molecule has 1 atom stereocenters. The summed E-state index contributed by atoms with van der Waals surface area (Å²) in [5.74, 6) is 1.07. The minimum absolute atomic E-state index is 0.00913. The number of amides is 1. The Kier molecular flexibility index (Phi) is 5.92. The number of nitrogens with zero attached hydrogens (tertiary/aromatic N) is 1. The number of hydrogen-bond acceptors (Lipinski definition) is 3. The van der Waals surface area contributed by atoms with Gasteiger partial charge < -0.3 is 10.2 Å². The van der Waals surface area contributed by atoms with E-state index in [4.69, 9.17) is 0 Å². The Balaban J connectivity index is 1.72. The summed E-state index contributed by atoms with van der Waals surface area (Å²) in [5.41, 5.74) is 1.27. The van der Waals surface area contributed by atoms with Gasteiger partial charge in [0.25, 0.3) is 0 Å². The van der Waals surface area contributed by atoms with Crippen molar-refractivity contribution in [3.63, 3.8) is 0 Å². The summed E-state index contributed by atoms with van der Waals surface area (Å²) in [4.78, 5) is 14.5. The van der Waals surface area contributed by atoms with Crippen molar-refractivity contribution in [2.24, 2.45) is 0 Å². The Hall–Kier alpha value is -1.00. The van der Waals surface area contributed by atoms with Gasteiger partial charge in [0, 0.05) is 11.8 Å². The van der Waals surface area contributed by atoms with E-state index in [1.807, 2.05) is 25.1 Å². The fraction of sp³-hybridized carbons (Fsp3) is 0.562. The molecule has 0 bridgehead atoms. The highest BCUT2D eigenvalue weighted by molar-refractivity contribution is 7.99. The van der Waals surface area contributed by atoms with Gasteiger partial charge in [0.15, 0.2) is 0 Å². The second kappa shape index (κ2) is 7.70. The van der Waals surface area contributed by atoms with Crippen LogP contribution in [-0.4, -0.2) is 42.2 Å². The molecule has 2 rings (SSSR count). The van der Waals surface area contributed by atoms with Crippen LogP contribution in [0.2, 0.25) is 0 Å². The summed E-state index contributed by atoms with van der Waals surface area (Å²) in [6, 6.07) is 10.7. The third-order valence-corrected chi connectivity index (χ3v) is 4.99. The maximum absolute atomic E-state index is 12.2. The summed E-state index contributed by atoms with van der Waals surface area (Å²) in [7, 11) is 2.14. The highest BCUT2D eigenvalue weighted by Crippen LogP contribution is 2.18. The monoisotopic (exact) mass is 292 g/mol. The molecule has 1 aliphatic heterocycles. The van der Waals surface area contributed by atoms with Gasteiger partial charge in [-0.25, -0.2) is 0 Å². The molecule has 0 aromatic heterocycles. The van der Waals surface area contributed by atoms with E-state index in [0.717, 1.165) is 31.7 Å². The van der Waals surface area contributed by atoms with Crippen molar-refractivity contribution in [3.05, 3.63) is 35.9 Å². The predicted octanol–water partition coefficient (Wildman–Crippen LogP) is 2.52. The van der Waals surface area contributed by atoms with Gasteiger partial charge in [-0.3, -0.25) is 4.79 Å². The van der Waals surface area contributed by atoms with Crippen molar-refractivity contribution < 1.29 is 4.79 Å². The SMILES string of the molecule is C[C@H](SCc1ccccc1)C(=O)NC1CCN(C)CC1. The van der Waals surface area contributed by atoms with Gasteiger partial charge in [-0.2, -0.15) is 0 Å². The van der Waals surface area contributed by atoms with E-state index in [0.29, 0.717) is 6.04 Å². The molecular weight excluding hydrogens is 268 g/mol. The third-order valence-electron chi connectivity index (χ3n) is 3.78. The Morgan fingerprint density at radius 1 is 1.35 bits per heavy atom. The summed E-state index contributed by atoms with van der Waals surface area (Å²) in [6.07, 6.45) is 2.14. The lowest BCUT2D eigenvalue weighted by molar-refractivity contribution is -0.121. The molecule has 0 unspecified atom stereocenters. The summed E-state index contributed by atoms with van der Waals surface area (Å²) in [6.45, 7) is 4.16. The standard InChI is InChI=1S/C16H24N2OS/c1-13(20-12-14-6-4-3-5-7-14)16(19)17-15-8-10-18(2)11-9-15/h3-7,13,15H,8-12H2,1-2H3,(H,17,19)/t13-/m0/s1. The molecular formula is C16H24N2OS. The van der Waals surface area contributed by atoms with Crippen LogP contribution in [-0.2, 0) is 10.5 Å². The van der Waals surface area contributed by atoms with Crippen molar-refractivity contribution in [3.8, 4) is 0 Å². The molecule has 20 heavy (non-hydrogen) atoms. The van der Waals surface area contributed by atoms with Crippen LogP contribution < -0.4 is 5.32 Å². The first kappa shape index (κ1) is 15.4. The van der Waals surface area contributed by atoms with Gasteiger partial charge in [0.2, 0.25) is 5.91 Å². The molecule has 1 heterocycles. The average molecular weight is 292 g/mol. The first-order valence-corrected chi connectivity index (χ1v) is 8.34. The van der Waals surface area contributed by atoms with Crippen molar-refractivity contribution in [2.45, 2.75) is 36.8 Å². The number of rotatable bonds is 5. The maximum atomic E-state index is 12.2. The molecule has 0 spiro atoms. The summed E-state index contributed by atoms with van der Waals surface area (Å²) in [5, 5.41) is 3.20. The molecule has 0 aliphatic carbocycles. The quantitative estimate of drug-likeness (QED) is 0.905. The molecule has 1 saturated heterocycles. The Morgan fingerprint density at radius 3 is 2.65 bits per heavy atom. The minimum atomic E-state index is 0.00913. The van der Waals surface area contributed by atoms with E-state index in [9.17, 15) is 4.79 Å². The smallest absolute Gasteiger partial charge is 0.233 e. The topological polar surface area (TPSA) is 32.3 Å². The van der Waals surface area contributed by atoms with Gasteiger partial charge in [-0.15, -0.1) is 11.8 Å². The lowest BCUT2D eigenvalue weighted by Crippen LogP contribution is -2.45. The van der Waals surface area contributed by atoms with Crippen LogP contribution in [0, 0.1) is 0 Å². The van der Waals surface area contributed by atoms with Crippen molar-refractivity contribution >= 4 is 17.7 Å². The number of benzene rings is 1. The van der Waals surface area contributed by atoms with E-state index >= 15 is 0 Å². The molecule has 110 valence electrons. The molecule has 1 aliphatic rings. The zero-order valence-electron chi connectivity index (χ0n) is 12.3. The van der Waals surface area contributed by atoms with E-state index in [1.165, 1.54) is 5.56 Å². The van der Waals surface area contributed by atoms with E-state index in [2.05, 4.69) is 29.4 Å². The van der Waals surface area contributed by atoms with Crippen molar-refractivity contribution in [1.29, 1.82) is 0 Å². The van der Waals surface area contributed by atoms with Gasteiger partial charge >= 0.3 is 0 Å². The number of carbonyl (C=O) groups is 1. The van der Waals surface area contributed by atoms with Crippen LogP contribution in [0.5, 0.6) is 0 Å². The van der Waals surface area contributed by atoms with Crippen LogP contribution in [0.15, 0.2) is 30.3 Å². The average Bonchev–Trinajstić information content (AvgIpc) is 2.48. The normalized spacial score (nSPS) is 18.7. The van der Waals surface area contributed by atoms with Crippen LogP contribution in [0.25, 0.3) is 0 Å². The van der Waals surface area contributed by atoms with Crippen LogP contribution >= 0.6 is 11.8 Å². The fourth-order valence-corrected chi connectivity index (χ4v) is 3.20. The lowest BCUT2D eigenvalue weighted by atomic mass is 10.1. The van der Waals surface area contributed by atoms with Crippen molar-refractivity contribution in [1.82, 2.24) is 10.2 Å². The van der Waals surface area contributed by atoms with Crippen LogP contribution in [0.3, 0.4) is 0 Å². The second-order valence-corrected chi connectivity index (χ2v) is 6.85. The lowest BCUT2D eigenvalue weighted by Gasteiger charge is -2.30. The second-order valence-electron chi connectivity index (χ2n) is 5.52. The summed E-state index contributed by atoms with van der Waals surface area (Å²) < 4.78 is 0. The molecule has 1 fully saturated rings. The zero-order valence-corrected chi connectivity index (χ0v) is 13.2. The minimum Gasteiger partial charge on any atom is -0.352 e. The predicted molar refractivity (Wildman–Crippen MR) is 85.9 cm³/mol. The molecule has 0 saturated carbocycles. The Labute approximate surface area is 126 Å². The first-order chi connectivity index (χ1) is 9.65. The largest absolute Gasteiger partial charge is 0.352 e. The van der Waals surface area contributed by atoms with E-state index < -0.39 is 0 Å². The molecule has 0 radical (unpaired) electrons. The number of thioether (sulfide) groups is 1. The highest BCUT2D eigenvalue weighted by Gasteiger charge is 2.21. The molecule has 1 N–H and O–H groups in total. The molecule has 3 nitrogen and oxygen atoms in total. The number of likely N-dealkylation sites (tertiary alicyclic amines) is 1.